The topological polar surface area (TPSA) is 20.2 Å². The first-order valence-electron chi connectivity index (χ1n) is 3.91. The maximum absolute atomic E-state index is 13.2. The maximum atomic E-state index is 13.2. The molecule has 0 bridgehead atoms. The summed E-state index contributed by atoms with van der Waals surface area (Å²) in [7, 11) is 0. The molecule has 0 saturated carbocycles. The summed E-state index contributed by atoms with van der Waals surface area (Å²) >= 11 is 5.56. The quantitative estimate of drug-likeness (QED) is 0.779. The first kappa shape index (κ1) is 10.2. The second kappa shape index (κ2) is 4.40. The van der Waals surface area contributed by atoms with Gasteiger partial charge in [0, 0.05) is 5.56 Å². The van der Waals surface area contributed by atoms with Gasteiger partial charge < -0.3 is 5.11 Å². The van der Waals surface area contributed by atoms with Crippen molar-refractivity contribution >= 4 is 17.7 Å². The summed E-state index contributed by atoms with van der Waals surface area (Å²) in [6.07, 6.45) is 2.42. The van der Waals surface area contributed by atoms with Gasteiger partial charge in [-0.15, -0.1) is 0 Å². The van der Waals surface area contributed by atoms with Gasteiger partial charge in [0.25, 0.3) is 0 Å². The van der Waals surface area contributed by atoms with E-state index in [0.29, 0.717) is 5.56 Å². The number of aliphatic hydroxyl groups is 1. The van der Waals surface area contributed by atoms with Crippen LogP contribution in [0.25, 0.3) is 6.08 Å². The molecule has 1 unspecified atom stereocenters. The lowest BCUT2D eigenvalue weighted by Crippen LogP contribution is -1.92. The van der Waals surface area contributed by atoms with Crippen molar-refractivity contribution in [3.8, 4) is 0 Å². The highest BCUT2D eigenvalue weighted by atomic mass is 35.5. The van der Waals surface area contributed by atoms with Gasteiger partial charge in [0.15, 0.2) is 0 Å². The summed E-state index contributed by atoms with van der Waals surface area (Å²) in [5.74, 6) is -0.457. The van der Waals surface area contributed by atoms with E-state index in [2.05, 4.69) is 0 Å². The van der Waals surface area contributed by atoms with Crippen molar-refractivity contribution in [1.29, 1.82) is 0 Å². The molecule has 0 aliphatic heterocycles. The van der Waals surface area contributed by atoms with Crippen molar-refractivity contribution in [3.63, 3.8) is 0 Å². The third-order valence-electron chi connectivity index (χ3n) is 1.54. The Kier molecular flexibility index (Phi) is 3.46. The standard InChI is InChI=1S/C10H10ClFO/c1-7(13)5-6-8-3-2-4-9(11)10(8)12/h2-7,13H,1H3/b6-5+. The Hall–Kier alpha value is -0.860. The molecule has 0 saturated heterocycles. The van der Waals surface area contributed by atoms with E-state index in [9.17, 15) is 4.39 Å². The van der Waals surface area contributed by atoms with Crippen molar-refractivity contribution in [2.45, 2.75) is 13.0 Å². The molecule has 0 spiro atoms. The molecule has 3 heteroatoms. The van der Waals surface area contributed by atoms with E-state index in [1.165, 1.54) is 18.2 Å². The van der Waals surface area contributed by atoms with Crippen LogP contribution in [0.15, 0.2) is 24.3 Å². The molecule has 0 amide bonds. The van der Waals surface area contributed by atoms with Gasteiger partial charge in [0.05, 0.1) is 11.1 Å². The Morgan fingerprint density at radius 2 is 2.23 bits per heavy atom. The summed E-state index contributed by atoms with van der Waals surface area (Å²) in [4.78, 5) is 0. The van der Waals surface area contributed by atoms with Crippen molar-refractivity contribution in [2.24, 2.45) is 0 Å². The fraction of sp³-hybridized carbons (Fsp3) is 0.200. The summed E-state index contributed by atoms with van der Waals surface area (Å²) in [5.41, 5.74) is 0.383. The molecular formula is C10H10ClFO. The van der Waals surface area contributed by atoms with Crippen LogP contribution in [-0.4, -0.2) is 11.2 Å². The van der Waals surface area contributed by atoms with E-state index in [-0.39, 0.29) is 5.02 Å². The zero-order valence-electron chi connectivity index (χ0n) is 7.17. The van der Waals surface area contributed by atoms with Crippen LogP contribution in [0.4, 0.5) is 4.39 Å². The number of rotatable bonds is 2. The molecule has 0 fully saturated rings. The van der Waals surface area contributed by atoms with E-state index in [0.717, 1.165) is 0 Å². The van der Waals surface area contributed by atoms with Crippen LogP contribution in [0.5, 0.6) is 0 Å². The number of hydrogen-bond acceptors (Lipinski definition) is 1. The van der Waals surface area contributed by atoms with Crippen molar-refractivity contribution in [3.05, 3.63) is 40.7 Å². The highest BCUT2D eigenvalue weighted by molar-refractivity contribution is 6.30. The predicted molar refractivity (Wildman–Crippen MR) is 52.1 cm³/mol. The molecule has 1 N–H and O–H groups in total. The summed E-state index contributed by atoms with van der Waals surface area (Å²) < 4.78 is 13.2. The average molecular weight is 201 g/mol. The van der Waals surface area contributed by atoms with Gasteiger partial charge in [-0.3, -0.25) is 0 Å². The number of aliphatic hydroxyl groups excluding tert-OH is 1. The highest BCUT2D eigenvalue weighted by Gasteiger charge is 2.02. The fourth-order valence-corrected chi connectivity index (χ4v) is 1.07. The minimum atomic E-state index is -0.585. The molecule has 1 nitrogen and oxygen atoms in total. The van der Waals surface area contributed by atoms with Crippen LogP contribution in [0, 0.1) is 5.82 Å². The number of benzene rings is 1. The molecule has 0 aliphatic rings. The van der Waals surface area contributed by atoms with Crippen LogP contribution in [0.1, 0.15) is 12.5 Å². The second-order valence-electron chi connectivity index (χ2n) is 2.74. The van der Waals surface area contributed by atoms with E-state index in [1.807, 2.05) is 0 Å². The molecule has 1 aromatic carbocycles. The lowest BCUT2D eigenvalue weighted by molar-refractivity contribution is 0.245. The molecule has 0 aliphatic carbocycles. The van der Waals surface area contributed by atoms with E-state index >= 15 is 0 Å². The molecule has 1 atom stereocenters. The van der Waals surface area contributed by atoms with Crippen LogP contribution < -0.4 is 0 Å². The van der Waals surface area contributed by atoms with Crippen LogP contribution in [0.2, 0.25) is 5.02 Å². The van der Waals surface area contributed by atoms with Gasteiger partial charge in [-0.05, 0) is 13.0 Å². The van der Waals surface area contributed by atoms with Gasteiger partial charge >= 0.3 is 0 Å². The molecule has 0 aromatic heterocycles. The normalized spacial score (nSPS) is 13.5. The van der Waals surface area contributed by atoms with Gasteiger partial charge in [-0.2, -0.15) is 0 Å². The zero-order valence-corrected chi connectivity index (χ0v) is 7.92. The molecular weight excluding hydrogens is 191 g/mol. The van der Waals surface area contributed by atoms with Gasteiger partial charge in [-0.25, -0.2) is 4.39 Å². The second-order valence-corrected chi connectivity index (χ2v) is 3.15. The van der Waals surface area contributed by atoms with Gasteiger partial charge in [0.1, 0.15) is 5.82 Å². The summed E-state index contributed by atoms with van der Waals surface area (Å²) in [6.45, 7) is 1.60. The molecule has 1 rings (SSSR count). The summed E-state index contributed by atoms with van der Waals surface area (Å²) in [5, 5.41) is 9.02. The third-order valence-corrected chi connectivity index (χ3v) is 1.83. The minimum Gasteiger partial charge on any atom is -0.389 e. The lowest BCUT2D eigenvalue weighted by Gasteiger charge is -1.99. The number of halogens is 2. The van der Waals surface area contributed by atoms with Crippen LogP contribution in [0.3, 0.4) is 0 Å². The predicted octanol–water partition coefficient (Wildman–Crippen LogP) is 2.87. The molecule has 70 valence electrons. The van der Waals surface area contributed by atoms with Crippen LogP contribution >= 0.6 is 11.6 Å². The summed E-state index contributed by atoms with van der Waals surface area (Å²) in [6, 6.07) is 4.74. The Morgan fingerprint density at radius 1 is 1.54 bits per heavy atom. The fourth-order valence-electron chi connectivity index (χ4n) is 0.892. The monoisotopic (exact) mass is 200 g/mol. The maximum Gasteiger partial charge on any atom is 0.148 e. The van der Waals surface area contributed by atoms with Crippen molar-refractivity contribution in [1.82, 2.24) is 0 Å². The molecule has 0 heterocycles. The van der Waals surface area contributed by atoms with Crippen molar-refractivity contribution < 1.29 is 9.50 Å². The Bertz CT molecular complexity index is 321. The first-order valence-corrected chi connectivity index (χ1v) is 4.29. The molecule has 1 aromatic rings. The van der Waals surface area contributed by atoms with Gasteiger partial charge in [0.2, 0.25) is 0 Å². The molecule has 0 radical (unpaired) electrons. The van der Waals surface area contributed by atoms with Gasteiger partial charge in [-0.1, -0.05) is 35.9 Å². The smallest absolute Gasteiger partial charge is 0.148 e. The third kappa shape index (κ3) is 2.83. The largest absolute Gasteiger partial charge is 0.389 e. The molecule has 13 heavy (non-hydrogen) atoms. The first-order chi connectivity index (χ1) is 6.11. The van der Waals surface area contributed by atoms with E-state index in [4.69, 9.17) is 16.7 Å². The Labute approximate surface area is 81.5 Å². The lowest BCUT2D eigenvalue weighted by atomic mass is 10.2. The highest BCUT2D eigenvalue weighted by Crippen LogP contribution is 2.18. The zero-order chi connectivity index (χ0) is 9.84. The van der Waals surface area contributed by atoms with E-state index in [1.54, 1.807) is 19.1 Å². The average Bonchev–Trinajstić information content (AvgIpc) is 2.07. The van der Waals surface area contributed by atoms with E-state index < -0.39 is 11.9 Å². The Balaban J connectivity index is 2.95. The van der Waals surface area contributed by atoms with Crippen molar-refractivity contribution in [2.75, 3.05) is 0 Å². The number of hydrogen-bond donors (Lipinski definition) is 1. The minimum absolute atomic E-state index is 0.0905. The van der Waals surface area contributed by atoms with Crippen LogP contribution in [-0.2, 0) is 0 Å². The Morgan fingerprint density at radius 3 is 2.85 bits per heavy atom. The SMILES string of the molecule is CC(O)/C=C/c1cccc(Cl)c1F.